The Bertz CT molecular complexity index is 248. The molecule has 1 unspecified atom stereocenters. The molecule has 2 fully saturated rings. The van der Waals surface area contributed by atoms with Gasteiger partial charge < -0.3 is 10.2 Å². The highest BCUT2D eigenvalue weighted by atomic mass is 16.2. The van der Waals surface area contributed by atoms with Gasteiger partial charge in [-0.05, 0) is 25.7 Å². The first kappa shape index (κ1) is 8.53. The van der Waals surface area contributed by atoms with E-state index in [2.05, 4.69) is 5.32 Å². The third-order valence-electron chi connectivity index (χ3n) is 2.87. The summed E-state index contributed by atoms with van der Waals surface area (Å²) in [6.07, 6.45) is 2.40. The average Bonchev–Trinajstić information content (AvgIpc) is 2.91. The van der Waals surface area contributed by atoms with Crippen molar-refractivity contribution < 1.29 is 9.59 Å². The molecule has 1 N–H and O–H groups in total. The smallest absolute Gasteiger partial charge is 0.242 e. The largest absolute Gasteiger partial charge is 0.345 e. The highest BCUT2D eigenvalue weighted by molar-refractivity contribution is 5.92. The van der Waals surface area contributed by atoms with E-state index < -0.39 is 0 Å². The van der Waals surface area contributed by atoms with Crippen molar-refractivity contribution in [3.05, 3.63) is 0 Å². The van der Waals surface area contributed by atoms with Crippen molar-refractivity contribution in [1.29, 1.82) is 0 Å². The van der Waals surface area contributed by atoms with Gasteiger partial charge in [-0.15, -0.1) is 0 Å². The topological polar surface area (TPSA) is 49.4 Å². The van der Waals surface area contributed by atoms with E-state index in [1.54, 1.807) is 4.90 Å². The Labute approximate surface area is 77.3 Å². The fraction of sp³-hybridized carbons (Fsp3) is 0.778. The molecule has 2 aliphatic rings. The van der Waals surface area contributed by atoms with Crippen molar-refractivity contribution in [3.63, 3.8) is 0 Å². The summed E-state index contributed by atoms with van der Waals surface area (Å²) in [6.45, 7) is 2.46. The third kappa shape index (κ3) is 1.66. The summed E-state index contributed by atoms with van der Waals surface area (Å²) in [5.74, 6) is 0.654. The lowest BCUT2D eigenvalue weighted by molar-refractivity contribution is -0.142. The third-order valence-corrected chi connectivity index (χ3v) is 2.87. The predicted octanol–water partition coefficient (Wildman–Crippen LogP) is -0.257. The average molecular weight is 182 g/mol. The van der Waals surface area contributed by atoms with Crippen LogP contribution in [0.2, 0.25) is 0 Å². The molecule has 1 saturated carbocycles. The van der Waals surface area contributed by atoms with Crippen molar-refractivity contribution >= 4 is 11.8 Å². The van der Waals surface area contributed by atoms with E-state index in [1.165, 1.54) is 12.8 Å². The molecular weight excluding hydrogens is 168 g/mol. The van der Waals surface area contributed by atoms with Crippen LogP contribution in [0.25, 0.3) is 0 Å². The Morgan fingerprint density at radius 1 is 1.46 bits per heavy atom. The van der Waals surface area contributed by atoms with Gasteiger partial charge in [0.1, 0.15) is 0 Å². The van der Waals surface area contributed by atoms with Crippen LogP contribution in [0.1, 0.15) is 19.8 Å². The van der Waals surface area contributed by atoms with E-state index in [0.29, 0.717) is 5.92 Å². The number of nitrogens with zero attached hydrogens (tertiary/aromatic N) is 1. The summed E-state index contributed by atoms with van der Waals surface area (Å²) in [4.78, 5) is 24.2. The predicted molar refractivity (Wildman–Crippen MR) is 46.9 cm³/mol. The lowest BCUT2D eigenvalue weighted by Crippen LogP contribution is -2.55. The number of hydrogen-bond acceptors (Lipinski definition) is 2. The van der Waals surface area contributed by atoms with Gasteiger partial charge in [0.25, 0.3) is 0 Å². The quantitative estimate of drug-likeness (QED) is 0.640. The van der Waals surface area contributed by atoms with E-state index in [0.717, 1.165) is 0 Å². The van der Waals surface area contributed by atoms with Crippen LogP contribution in [0.3, 0.4) is 0 Å². The number of amides is 2. The maximum Gasteiger partial charge on any atom is 0.242 e. The molecule has 1 aliphatic heterocycles. The van der Waals surface area contributed by atoms with Gasteiger partial charge in [-0.25, -0.2) is 0 Å². The molecule has 0 radical (unpaired) electrons. The van der Waals surface area contributed by atoms with E-state index in [1.807, 2.05) is 6.92 Å². The molecule has 1 saturated heterocycles. The first-order chi connectivity index (χ1) is 6.18. The van der Waals surface area contributed by atoms with Crippen LogP contribution < -0.4 is 5.32 Å². The summed E-state index contributed by atoms with van der Waals surface area (Å²) in [6, 6.07) is 0.249. The Morgan fingerprint density at radius 2 is 2.15 bits per heavy atom. The van der Waals surface area contributed by atoms with Gasteiger partial charge >= 0.3 is 0 Å². The molecular formula is C9H14N2O2. The molecule has 2 amide bonds. The summed E-state index contributed by atoms with van der Waals surface area (Å²) in [5.41, 5.74) is 0. The molecule has 1 aliphatic carbocycles. The van der Waals surface area contributed by atoms with E-state index in [-0.39, 0.29) is 30.9 Å². The number of nitrogens with one attached hydrogen (secondary N) is 1. The zero-order chi connectivity index (χ0) is 9.42. The molecule has 2 rings (SSSR count). The monoisotopic (exact) mass is 182 g/mol. The van der Waals surface area contributed by atoms with Gasteiger partial charge in [-0.2, -0.15) is 0 Å². The minimum Gasteiger partial charge on any atom is -0.345 e. The van der Waals surface area contributed by atoms with Gasteiger partial charge in [0.15, 0.2) is 0 Å². The minimum absolute atomic E-state index is 0.0351. The summed E-state index contributed by atoms with van der Waals surface area (Å²) >= 11 is 0. The van der Waals surface area contributed by atoms with Crippen LogP contribution >= 0.6 is 0 Å². The Balaban J connectivity index is 2.01. The van der Waals surface area contributed by atoms with E-state index in [4.69, 9.17) is 0 Å². The van der Waals surface area contributed by atoms with Gasteiger partial charge in [0.05, 0.1) is 13.1 Å². The summed E-state index contributed by atoms with van der Waals surface area (Å²) in [5, 5.41) is 2.55. The number of piperazine rings is 1. The molecule has 4 heteroatoms. The van der Waals surface area contributed by atoms with Crippen molar-refractivity contribution in [1.82, 2.24) is 10.2 Å². The molecule has 1 atom stereocenters. The van der Waals surface area contributed by atoms with Crippen LogP contribution in [-0.2, 0) is 9.59 Å². The number of carbonyl (C=O) groups is 2. The van der Waals surface area contributed by atoms with Gasteiger partial charge in [0, 0.05) is 6.04 Å². The fourth-order valence-electron chi connectivity index (χ4n) is 1.78. The van der Waals surface area contributed by atoms with Crippen molar-refractivity contribution in [2.45, 2.75) is 25.8 Å². The molecule has 0 spiro atoms. The van der Waals surface area contributed by atoms with Crippen molar-refractivity contribution in [3.8, 4) is 0 Å². The van der Waals surface area contributed by atoms with Gasteiger partial charge in [-0.1, -0.05) is 0 Å². The summed E-state index contributed by atoms with van der Waals surface area (Å²) < 4.78 is 0. The zero-order valence-corrected chi connectivity index (χ0v) is 7.75. The normalized spacial score (nSPS) is 25.8. The van der Waals surface area contributed by atoms with E-state index in [9.17, 15) is 9.59 Å². The van der Waals surface area contributed by atoms with Gasteiger partial charge in [-0.3, -0.25) is 9.59 Å². The number of carbonyl (C=O) groups excluding carboxylic acids is 2. The molecule has 0 aromatic heterocycles. The second-order valence-corrected chi connectivity index (χ2v) is 3.88. The highest BCUT2D eigenvalue weighted by Crippen LogP contribution is 2.35. The maximum absolute atomic E-state index is 11.4. The molecule has 0 aromatic carbocycles. The highest BCUT2D eigenvalue weighted by Gasteiger charge is 2.36. The van der Waals surface area contributed by atoms with Crippen LogP contribution in [-0.4, -0.2) is 35.8 Å². The summed E-state index contributed by atoms with van der Waals surface area (Å²) in [7, 11) is 0. The molecule has 0 aromatic rings. The Hall–Kier alpha value is -1.06. The van der Waals surface area contributed by atoms with Crippen molar-refractivity contribution in [2.75, 3.05) is 13.1 Å². The van der Waals surface area contributed by atoms with Crippen molar-refractivity contribution in [2.24, 2.45) is 5.92 Å². The van der Waals surface area contributed by atoms with Gasteiger partial charge in [0.2, 0.25) is 11.8 Å². The van der Waals surface area contributed by atoms with Crippen LogP contribution in [0.4, 0.5) is 0 Å². The second kappa shape index (κ2) is 3.01. The van der Waals surface area contributed by atoms with Crippen LogP contribution in [0.5, 0.6) is 0 Å². The molecule has 72 valence electrons. The van der Waals surface area contributed by atoms with Crippen LogP contribution in [0, 0.1) is 5.92 Å². The van der Waals surface area contributed by atoms with E-state index >= 15 is 0 Å². The second-order valence-electron chi connectivity index (χ2n) is 3.88. The molecule has 0 bridgehead atoms. The SMILES string of the molecule is CC(C1CC1)N1CC(=O)NCC1=O. The fourth-order valence-corrected chi connectivity index (χ4v) is 1.78. The lowest BCUT2D eigenvalue weighted by atomic mass is 10.1. The Kier molecular flexibility index (Phi) is 1.98. The standard InChI is InChI=1S/C9H14N2O2/c1-6(7-2-3-7)11-5-8(12)10-4-9(11)13/h6-7H,2-5H2,1H3,(H,10,12). The number of hydrogen-bond donors (Lipinski definition) is 1. The molecule has 13 heavy (non-hydrogen) atoms. The first-order valence-corrected chi connectivity index (χ1v) is 4.74. The molecule has 1 heterocycles. The van der Waals surface area contributed by atoms with Crippen LogP contribution in [0.15, 0.2) is 0 Å². The molecule has 4 nitrogen and oxygen atoms in total. The number of rotatable bonds is 2. The Morgan fingerprint density at radius 3 is 2.77 bits per heavy atom. The first-order valence-electron chi connectivity index (χ1n) is 4.74. The zero-order valence-electron chi connectivity index (χ0n) is 7.75. The lowest BCUT2D eigenvalue weighted by Gasteiger charge is -2.32. The minimum atomic E-state index is -0.0351. The maximum atomic E-state index is 11.4.